The standard InChI is InChI=1S/C18H21NO3/c1-14-7-9-17(10-8-14)22-13-18(21)19-12-16(20)11-15-5-3-2-4-6-15/h2-10,16,20H,11-13H2,1H3,(H,19,21). The lowest BCUT2D eigenvalue weighted by Crippen LogP contribution is -2.36. The summed E-state index contributed by atoms with van der Waals surface area (Å²) in [5, 5.41) is 12.6. The first-order valence-corrected chi connectivity index (χ1v) is 7.31. The van der Waals surface area contributed by atoms with Crippen molar-refractivity contribution in [2.24, 2.45) is 0 Å². The number of hydrogen-bond donors (Lipinski definition) is 2. The monoisotopic (exact) mass is 299 g/mol. The van der Waals surface area contributed by atoms with Crippen LogP contribution in [0.3, 0.4) is 0 Å². The van der Waals surface area contributed by atoms with Crippen molar-refractivity contribution in [1.29, 1.82) is 0 Å². The first kappa shape index (κ1) is 16.0. The molecule has 1 unspecified atom stereocenters. The average molecular weight is 299 g/mol. The van der Waals surface area contributed by atoms with Crippen LogP contribution < -0.4 is 10.1 Å². The molecule has 0 aliphatic rings. The van der Waals surface area contributed by atoms with Gasteiger partial charge in [0, 0.05) is 13.0 Å². The van der Waals surface area contributed by atoms with Crippen molar-refractivity contribution >= 4 is 5.91 Å². The van der Waals surface area contributed by atoms with E-state index < -0.39 is 6.10 Å². The lowest BCUT2D eigenvalue weighted by atomic mass is 10.1. The summed E-state index contributed by atoms with van der Waals surface area (Å²) in [5.41, 5.74) is 2.18. The van der Waals surface area contributed by atoms with Crippen LogP contribution in [0.5, 0.6) is 5.75 Å². The van der Waals surface area contributed by atoms with Crippen LogP contribution in [0, 0.1) is 6.92 Å². The zero-order valence-corrected chi connectivity index (χ0v) is 12.7. The molecule has 0 saturated carbocycles. The molecule has 0 heterocycles. The van der Waals surface area contributed by atoms with E-state index in [1.165, 1.54) is 0 Å². The molecule has 0 aliphatic carbocycles. The summed E-state index contributed by atoms with van der Waals surface area (Å²) in [4.78, 5) is 11.7. The highest BCUT2D eigenvalue weighted by atomic mass is 16.5. The second kappa shape index (κ2) is 8.20. The zero-order chi connectivity index (χ0) is 15.8. The van der Waals surface area contributed by atoms with Gasteiger partial charge in [0.15, 0.2) is 6.61 Å². The van der Waals surface area contributed by atoms with Gasteiger partial charge in [-0.05, 0) is 24.6 Å². The van der Waals surface area contributed by atoms with E-state index >= 15 is 0 Å². The van der Waals surface area contributed by atoms with Crippen LogP contribution in [0.2, 0.25) is 0 Å². The Bertz CT molecular complexity index is 581. The minimum Gasteiger partial charge on any atom is -0.484 e. The Kier molecular flexibility index (Phi) is 5.98. The summed E-state index contributed by atoms with van der Waals surface area (Å²) < 4.78 is 5.38. The third-order valence-electron chi connectivity index (χ3n) is 3.24. The second-order valence-electron chi connectivity index (χ2n) is 5.25. The van der Waals surface area contributed by atoms with Gasteiger partial charge < -0.3 is 15.2 Å². The molecule has 1 amide bonds. The Labute approximate surface area is 130 Å². The molecule has 2 aromatic carbocycles. The fraction of sp³-hybridized carbons (Fsp3) is 0.278. The lowest BCUT2D eigenvalue weighted by Gasteiger charge is -2.12. The quantitative estimate of drug-likeness (QED) is 0.823. The molecule has 2 N–H and O–H groups in total. The smallest absolute Gasteiger partial charge is 0.258 e. The largest absolute Gasteiger partial charge is 0.484 e. The minimum atomic E-state index is -0.606. The van der Waals surface area contributed by atoms with Crippen LogP contribution in [0.15, 0.2) is 54.6 Å². The summed E-state index contributed by atoms with van der Waals surface area (Å²) in [5.74, 6) is 0.415. The van der Waals surface area contributed by atoms with E-state index in [4.69, 9.17) is 4.74 Å². The first-order chi connectivity index (χ1) is 10.6. The lowest BCUT2D eigenvalue weighted by molar-refractivity contribution is -0.123. The van der Waals surface area contributed by atoms with Crippen molar-refractivity contribution in [3.63, 3.8) is 0 Å². The van der Waals surface area contributed by atoms with Gasteiger partial charge >= 0.3 is 0 Å². The maximum absolute atomic E-state index is 11.7. The Morgan fingerprint density at radius 1 is 1.14 bits per heavy atom. The topological polar surface area (TPSA) is 58.6 Å². The molecule has 0 aromatic heterocycles. The van der Waals surface area contributed by atoms with Crippen molar-refractivity contribution in [3.8, 4) is 5.75 Å². The number of rotatable bonds is 7. The van der Waals surface area contributed by atoms with Crippen molar-refractivity contribution in [1.82, 2.24) is 5.32 Å². The van der Waals surface area contributed by atoms with Gasteiger partial charge in [-0.1, -0.05) is 48.0 Å². The maximum atomic E-state index is 11.7. The summed E-state index contributed by atoms with van der Waals surface area (Å²) >= 11 is 0. The van der Waals surface area contributed by atoms with E-state index in [0.717, 1.165) is 11.1 Å². The fourth-order valence-electron chi connectivity index (χ4n) is 2.02. The zero-order valence-electron chi connectivity index (χ0n) is 12.7. The fourth-order valence-corrected chi connectivity index (χ4v) is 2.02. The number of hydrogen-bond acceptors (Lipinski definition) is 3. The number of benzene rings is 2. The van der Waals surface area contributed by atoms with Crippen LogP contribution in [-0.2, 0) is 11.2 Å². The Morgan fingerprint density at radius 3 is 2.50 bits per heavy atom. The Hall–Kier alpha value is -2.33. The number of amides is 1. The third kappa shape index (κ3) is 5.58. The molecule has 22 heavy (non-hydrogen) atoms. The summed E-state index contributed by atoms with van der Waals surface area (Å²) in [7, 11) is 0. The average Bonchev–Trinajstić information content (AvgIpc) is 2.53. The van der Waals surface area contributed by atoms with Crippen LogP contribution in [0.25, 0.3) is 0 Å². The number of nitrogens with one attached hydrogen (secondary N) is 1. The van der Waals surface area contributed by atoms with E-state index in [9.17, 15) is 9.90 Å². The number of aryl methyl sites for hydroxylation is 1. The number of aliphatic hydroxyl groups excluding tert-OH is 1. The Morgan fingerprint density at radius 2 is 1.82 bits per heavy atom. The van der Waals surface area contributed by atoms with Crippen molar-refractivity contribution in [2.75, 3.05) is 13.2 Å². The molecule has 116 valence electrons. The molecular formula is C18H21NO3. The summed E-state index contributed by atoms with van der Waals surface area (Å²) in [6.45, 7) is 2.15. The van der Waals surface area contributed by atoms with Crippen molar-refractivity contribution in [3.05, 3.63) is 65.7 Å². The van der Waals surface area contributed by atoms with Gasteiger partial charge in [-0.2, -0.15) is 0 Å². The number of carbonyl (C=O) groups is 1. The minimum absolute atomic E-state index is 0.0544. The van der Waals surface area contributed by atoms with E-state index in [0.29, 0.717) is 12.2 Å². The normalized spacial score (nSPS) is 11.7. The highest BCUT2D eigenvalue weighted by molar-refractivity contribution is 5.77. The molecule has 4 heteroatoms. The molecule has 2 rings (SSSR count). The van der Waals surface area contributed by atoms with Crippen molar-refractivity contribution in [2.45, 2.75) is 19.4 Å². The number of aliphatic hydroxyl groups is 1. The van der Waals surface area contributed by atoms with E-state index in [1.807, 2.05) is 61.5 Å². The maximum Gasteiger partial charge on any atom is 0.258 e. The second-order valence-corrected chi connectivity index (χ2v) is 5.25. The number of carbonyl (C=O) groups excluding carboxylic acids is 1. The van der Waals surface area contributed by atoms with Gasteiger partial charge in [-0.25, -0.2) is 0 Å². The predicted molar refractivity (Wildman–Crippen MR) is 85.8 cm³/mol. The molecule has 1 atom stereocenters. The van der Waals surface area contributed by atoms with Crippen LogP contribution >= 0.6 is 0 Å². The van der Waals surface area contributed by atoms with E-state index in [-0.39, 0.29) is 19.1 Å². The number of ether oxygens (including phenoxy) is 1. The van der Waals surface area contributed by atoms with Gasteiger partial charge in [0.05, 0.1) is 6.10 Å². The molecular weight excluding hydrogens is 278 g/mol. The van der Waals surface area contributed by atoms with Gasteiger partial charge in [0.2, 0.25) is 0 Å². The van der Waals surface area contributed by atoms with Crippen LogP contribution in [-0.4, -0.2) is 30.3 Å². The van der Waals surface area contributed by atoms with Crippen LogP contribution in [0.1, 0.15) is 11.1 Å². The SMILES string of the molecule is Cc1ccc(OCC(=O)NCC(O)Cc2ccccc2)cc1. The highest BCUT2D eigenvalue weighted by Gasteiger charge is 2.08. The van der Waals surface area contributed by atoms with E-state index in [1.54, 1.807) is 0 Å². The predicted octanol–water partition coefficient (Wildman–Crippen LogP) is 2.09. The highest BCUT2D eigenvalue weighted by Crippen LogP contribution is 2.10. The molecule has 0 saturated heterocycles. The summed E-state index contributed by atoms with van der Waals surface area (Å²) in [6, 6.07) is 17.2. The van der Waals surface area contributed by atoms with E-state index in [2.05, 4.69) is 5.32 Å². The molecule has 2 aromatic rings. The molecule has 0 bridgehead atoms. The van der Waals surface area contributed by atoms with Gasteiger partial charge in [-0.15, -0.1) is 0 Å². The molecule has 0 fully saturated rings. The molecule has 0 radical (unpaired) electrons. The Balaban J connectivity index is 1.67. The third-order valence-corrected chi connectivity index (χ3v) is 3.24. The van der Waals surface area contributed by atoms with Gasteiger partial charge in [0.1, 0.15) is 5.75 Å². The van der Waals surface area contributed by atoms with Crippen molar-refractivity contribution < 1.29 is 14.6 Å². The van der Waals surface area contributed by atoms with Gasteiger partial charge in [-0.3, -0.25) is 4.79 Å². The molecule has 4 nitrogen and oxygen atoms in total. The molecule has 0 spiro atoms. The van der Waals surface area contributed by atoms with Crippen LogP contribution in [0.4, 0.5) is 0 Å². The molecule has 0 aliphatic heterocycles. The van der Waals surface area contributed by atoms with Gasteiger partial charge in [0.25, 0.3) is 5.91 Å². The summed E-state index contributed by atoms with van der Waals surface area (Å²) in [6.07, 6.45) is -0.0920. The first-order valence-electron chi connectivity index (χ1n) is 7.31.